The van der Waals surface area contributed by atoms with E-state index in [1.807, 2.05) is 11.4 Å². The molecule has 0 aliphatic carbocycles. The van der Waals surface area contributed by atoms with Crippen LogP contribution in [0, 0.1) is 0 Å². The third-order valence-corrected chi connectivity index (χ3v) is 4.70. The van der Waals surface area contributed by atoms with Crippen LogP contribution < -0.4 is 5.32 Å². The highest BCUT2D eigenvalue weighted by molar-refractivity contribution is 9.10. The lowest BCUT2D eigenvalue weighted by Crippen LogP contribution is -2.50. The van der Waals surface area contributed by atoms with Crippen LogP contribution in [0.1, 0.15) is 16.6 Å². The first-order chi connectivity index (χ1) is 9.09. The van der Waals surface area contributed by atoms with E-state index >= 15 is 0 Å². The lowest BCUT2D eigenvalue weighted by atomic mass is 10.2. The topological polar surface area (TPSA) is 58.6 Å². The van der Waals surface area contributed by atoms with E-state index in [4.69, 9.17) is 4.74 Å². The lowest BCUT2D eigenvalue weighted by Gasteiger charge is -2.29. The molecule has 1 atom stereocenters. The number of nitrogens with one attached hydrogen (secondary N) is 1. The molecule has 1 fully saturated rings. The molecule has 0 spiro atoms. The molecule has 19 heavy (non-hydrogen) atoms. The molecule has 1 aromatic rings. The maximum absolute atomic E-state index is 12.1. The van der Waals surface area contributed by atoms with E-state index < -0.39 is 6.04 Å². The van der Waals surface area contributed by atoms with Crippen LogP contribution in [0.25, 0.3) is 0 Å². The van der Waals surface area contributed by atoms with Gasteiger partial charge in [-0.2, -0.15) is 0 Å². The van der Waals surface area contributed by atoms with Gasteiger partial charge in [-0.25, -0.2) is 0 Å². The summed E-state index contributed by atoms with van der Waals surface area (Å²) in [6, 6.07) is 1.29. The minimum absolute atomic E-state index is 0.0654. The van der Waals surface area contributed by atoms with Gasteiger partial charge in [0, 0.05) is 17.6 Å². The van der Waals surface area contributed by atoms with E-state index in [1.165, 1.54) is 11.3 Å². The van der Waals surface area contributed by atoms with Gasteiger partial charge in [-0.3, -0.25) is 9.59 Å². The van der Waals surface area contributed by atoms with Gasteiger partial charge in [0.05, 0.1) is 13.2 Å². The van der Waals surface area contributed by atoms with Crippen molar-refractivity contribution in [1.29, 1.82) is 0 Å². The quantitative estimate of drug-likeness (QED) is 0.901. The van der Waals surface area contributed by atoms with Crippen LogP contribution in [0.5, 0.6) is 0 Å². The second-order valence-corrected chi connectivity index (χ2v) is 6.00. The Labute approximate surface area is 124 Å². The zero-order valence-corrected chi connectivity index (χ0v) is 12.9. The zero-order valence-electron chi connectivity index (χ0n) is 10.5. The zero-order chi connectivity index (χ0) is 13.8. The molecule has 1 N–H and O–H groups in total. The molecule has 104 valence electrons. The average molecular weight is 347 g/mol. The summed E-state index contributed by atoms with van der Waals surface area (Å²) in [6.07, 6.45) is 0. The molecule has 1 aliphatic heterocycles. The molecule has 1 aliphatic rings. The third kappa shape index (κ3) is 3.55. The summed E-state index contributed by atoms with van der Waals surface area (Å²) < 4.78 is 5.95. The molecular weight excluding hydrogens is 332 g/mol. The van der Waals surface area contributed by atoms with Crippen molar-refractivity contribution in [3.05, 3.63) is 20.8 Å². The van der Waals surface area contributed by atoms with Crippen LogP contribution in [0.2, 0.25) is 0 Å². The van der Waals surface area contributed by atoms with Crippen LogP contribution >= 0.6 is 27.3 Å². The van der Waals surface area contributed by atoms with Crippen LogP contribution in [-0.4, -0.2) is 49.1 Å². The van der Waals surface area contributed by atoms with Crippen LogP contribution in [0.15, 0.2) is 15.9 Å². The van der Waals surface area contributed by atoms with Crippen molar-refractivity contribution in [1.82, 2.24) is 10.2 Å². The molecule has 1 aromatic heterocycles. The highest BCUT2D eigenvalue weighted by atomic mass is 79.9. The van der Waals surface area contributed by atoms with E-state index in [0.29, 0.717) is 31.2 Å². The van der Waals surface area contributed by atoms with Crippen LogP contribution in [0.3, 0.4) is 0 Å². The van der Waals surface area contributed by atoms with Gasteiger partial charge in [0.1, 0.15) is 10.9 Å². The maximum atomic E-state index is 12.1. The predicted molar refractivity (Wildman–Crippen MR) is 76.3 cm³/mol. The van der Waals surface area contributed by atoms with E-state index in [-0.39, 0.29) is 11.8 Å². The van der Waals surface area contributed by atoms with Gasteiger partial charge in [0.15, 0.2) is 0 Å². The number of carbonyl (C=O) groups is 2. The smallest absolute Gasteiger partial charge is 0.263 e. The number of thiophene rings is 1. The summed E-state index contributed by atoms with van der Waals surface area (Å²) in [5, 5.41) is 4.56. The minimum atomic E-state index is -0.528. The molecule has 2 rings (SSSR count). The Morgan fingerprint density at radius 1 is 1.47 bits per heavy atom. The molecule has 5 nitrogen and oxygen atoms in total. The van der Waals surface area contributed by atoms with E-state index in [2.05, 4.69) is 21.2 Å². The van der Waals surface area contributed by atoms with Gasteiger partial charge in [-0.05, 0) is 34.3 Å². The second-order valence-electron chi connectivity index (χ2n) is 4.23. The Morgan fingerprint density at radius 2 is 2.16 bits per heavy atom. The highest BCUT2D eigenvalue weighted by Crippen LogP contribution is 2.22. The number of halogens is 1. The lowest BCUT2D eigenvalue weighted by molar-refractivity contribution is -0.136. The summed E-state index contributed by atoms with van der Waals surface area (Å²) in [5.74, 6) is -0.291. The number of ether oxygens (including phenoxy) is 1. The summed E-state index contributed by atoms with van der Waals surface area (Å²) >= 11 is 4.65. The van der Waals surface area contributed by atoms with E-state index in [0.717, 1.165) is 4.47 Å². The van der Waals surface area contributed by atoms with E-state index in [1.54, 1.807) is 11.8 Å². The maximum Gasteiger partial charge on any atom is 0.263 e. The van der Waals surface area contributed by atoms with Crippen molar-refractivity contribution in [2.45, 2.75) is 13.0 Å². The monoisotopic (exact) mass is 346 g/mol. The number of hydrogen-bond acceptors (Lipinski definition) is 4. The van der Waals surface area contributed by atoms with Gasteiger partial charge < -0.3 is 15.0 Å². The summed E-state index contributed by atoms with van der Waals surface area (Å²) in [6.45, 7) is 3.99. The Balaban J connectivity index is 1.93. The van der Waals surface area contributed by atoms with Crippen molar-refractivity contribution in [3.63, 3.8) is 0 Å². The molecule has 1 unspecified atom stereocenters. The van der Waals surface area contributed by atoms with Crippen LogP contribution in [-0.2, 0) is 9.53 Å². The molecule has 0 saturated carbocycles. The van der Waals surface area contributed by atoms with Crippen molar-refractivity contribution >= 4 is 39.1 Å². The van der Waals surface area contributed by atoms with Gasteiger partial charge in [0.2, 0.25) is 5.91 Å². The Hall–Kier alpha value is -0.920. The van der Waals surface area contributed by atoms with Crippen molar-refractivity contribution in [3.8, 4) is 0 Å². The molecule has 2 heterocycles. The molecule has 2 amide bonds. The molecule has 0 radical (unpaired) electrons. The summed E-state index contributed by atoms with van der Waals surface area (Å²) in [7, 11) is 0. The van der Waals surface area contributed by atoms with Gasteiger partial charge in [-0.15, -0.1) is 11.3 Å². The van der Waals surface area contributed by atoms with Crippen molar-refractivity contribution < 1.29 is 14.3 Å². The molecular formula is C12H15BrN2O3S. The summed E-state index contributed by atoms with van der Waals surface area (Å²) in [4.78, 5) is 26.4. The largest absolute Gasteiger partial charge is 0.378 e. The Kier molecular flexibility index (Phi) is 4.95. The fourth-order valence-electron chi connectivity index (χ4n) is 1.84. The normalized spacial score (nSPS) is 17.1. The molecule has 0 aromatic carbocycles. The van der Waals surface area contributed by atoms with Gasteiger partial charge >= 0.3 is 0 Å². The number of hydrogen-bond donors (Lipinski definition) is 1. The first-order valence-electron chi connectivity index (χ1n) is 6.00. The van der Waals surface area contributed by atoms with Crippen molar-refractivity contribution in [2.24, 2.45) is 0 Å². The Morgan fingerprint density at radius 3 is 2.74 bits per heavy atom. The third-order valence-electron chi connectivity index (χ3n) is 2.86. The van der Waals surface area contributed by atoms with Crippen molar-refractivity contribution in [2.75, 3.05) is 26.3 Å². The summed E-state index contributed by atoms with van der Waals surface area (Å²) in [5.41, 5.74) is 0. The van der Waals surface area contributed by atoms with Gasteiger partial charge in [0.25, 0.3) is 5.91 Å². The van der Waals surface area contributed by atoms with Crippen LogP contribution in [0.4, 0.5) is 0 Å². The fourth-order valence-corrected chi connectivity index (χ4v) is 3.29. The first-order valence-corrected chi connectivity index (χ1v) is 7.67. The molecule has 0 bridgehead atoms. The Bertz CT molecular complexity index is 471. The average Bonchev–Trinajstić information content (AvgIpc) is 2.85. The minimum Gasteiger partial charge on any atom is -0.378 e. The number of rotatable bonds is 3. The number of nitrogens with zero attached hydrogens (tertiary/aromatic N) is 1. The number of carbonyl (C=O) groups excluding carboxylic acids is 2. The van der Waals surface area contributed by atoms with E-state index in [9.17, 15) is 9.59 Å². The first kappa shape index (κ1) is 14.5. The second kappa shape index (κ2) is 6.49. The fraction of sp³-hybridized carbons (Fsp3) is 0.500. The molecule has 7 heteroatoms. The number of morpholine rings is 1. The highest BCUT2D eigenvalue weighted by Gasteiger charge is 2.24. The molecule has 1 saturated heterocycles. The SMILES string of the molecule is CC(NC(=O)c1sccc1Br)C(=O)N1CCOCC1. The van der Waals surface area contributed by atoms with Gasteiger partial charge in [-0.1, -0.05) is 0 Å². The standard InChI is InChI=1S/C12H15BrN2O3S/c1-8(12(17)15-3-5-18-6-4-15)14-11(16)10-9(13)2-7-19-10/h2,7-8H,3-6H2,1H3,(H,14,16). The number of amides is 2. The predicted octanol–water partition coefficient (Wildman–Crippen LogP) is 1.49.